The highest BCUT2D eigenvalue weighted by Gasteiger charge is 2.22. The van der Waals surface area contributed by atoms with Gasteiger partial charge in [-0.3, -0.25) is 9.59 Å². The third kappa shape index (κ3) is 2.67. The fourth-order valence-electron chi connectivity index (χ4n) is 2.41. The first-order chi connectivity index (χ1) is 9.41. The van der Waals surface area contributed by atoms with Crippen molar-refractivity contribution in [3.8, 4) is 0 Å². The quantitative estimate of drug-likeness (QED) is 0.879. The van der Waals surface area contributed by atoms with Gasteiger partial charge in [0.15, 0.2) is 5.78 Å². The minimum atomic E-state index is -0.0932. The lowest BCUT2D eigenvalue weighted by molar-refractivity contribution is 0.0779. The SMILES string of the molecule is CC(=O)c1c(C)[nH]c(C(=O)N(C)Cc2ccsc2)c1C. The molecule has 0 aliphatic rings. The van der Waals surface area contributed by atoms with Gasteiger partial charge >= 0.3 is 0 Å². The van der Waals surface area contributed by atoms with Crippen LogP contribution in [-0.2, 0) is 6.54 Å². The smallest absolute Gasteiger partial charge is 0.270 e. The van der Waals surface area contributed by atoms with Crippen LogP contribution in [0.25, 0.3) is 0 Å². The topological polar surface area (TPSA) is 53.2 Å². The summed E-state index contributed by atoms with van der Waals surface area (Å²) in [7, 11) is 1.77. The molecule has 5 heteroatoms. The highest BCUT2D eigenvalue weighted by atomic mass is 32.1. The van der Waals surface area contributed by atoms with Crippen LogP contribution in [0.4, 0.5) is 0 Å². The van der Waals surface area contributed by atoms with Crippen LogP contribution in [0.5, 0.6) is 0 Å². The van der Waals surface area contributed by atoms with Gasteiger partial charge in [-0.1, -0.05) is 0 Å². The second kappa shape index (κ2) is 5.63. The molecule has 0 radical (unpaired) electrons. The fraction of sp³-hybridized carbons (Fsp3) is 0.333. The van der Waals surface area contributed by atoms with E-state index in [0.29, 0.717) is 17.8 Å². The van der Waals surface area contributed by atoms with Gasteiger partial charge in [-0.2, -0.15) is 11.3 Å². The Morgan fingerprint density at radius 3 is 2.55 bits per heavy atom. The van der Waals surface area contributed by atoms with Gasteiger partial charge in [-0.25, -0.2) is 0 Å². The summed E-state index contributed by atoms with van der Waals surface area (Å²) in [5.41, 5.74) is 3.72. The van der Waals surface area contributed by atoms with Crippen molar-refractivity contribution < 1.29 is 9.59 Å². The third-order valence-electron chi connectivity index (χ3n) is 3.35. The number of aromatic amines is 1. The molecule has 1 amide bonds. The number of aromatic nitrogens is 1. The number of carbonyl (C=O) groups is 2. The van der Waals surface area contributed by atoms with Crippen LogP contribution >= 0.6 is 11.3 Å². The van der Waals surface area contributed by atoms with Gasteiger partial charge in [-0.05, 0) is 48.7 Å². The van der Waals surface area contributed by atoms with Crippen molar-refractivity contribution in [3.63, 3.8) is 0 Å². The predicted octanol–water partition coefficient (Wildman–Crippen LogP) is 3.17. The molecule has 0 aromatic carbocycles. The molecule has 2 aromatic heterocycles. The number of carbonyl (C=O) groups excluding carboxylic acids is 2. The van der Waals surface area contributed by atoms with E-state index in [9.17, 15) is 9.59 Å². The summed E-state index contributed by atoms with van der Waals surface area (Å²) in [5, 5.41) is 4.02. The molecule has 0 bridgehead atoms. The largest absolute Gasteiger partial charge is 0.354 e. The molecule has 0 saturated heterocycles. The molecule has 0 atom stereocenters. The van der Waals surface area contributed by atoms with E-state index in [1.54, 1.807) is 23.3 Å². The first-order valence-electron chi connectivity index (χ1n) is 6.38. The summed E-state index contributed by atoms with van der Waals surface area (Å²) in [6.07, 6.45) is 0. The number of amides is 1. The number of H-pyrrole nitrogens is 1. The van der Waals surface area contributed by atoms with Crippen LogP contribution in [0, 0.1) is 13.8 Å². The summed E-state index contributed by atoms with van der Waals surface area (Å²) >= 11 is 1.61. The van der Waals surface area contributed by atoms with Crippen molar-refractivity contribution >= 4 is 23.0 Å². The van der Waals surface area contributed by atoms with E-state index in [1.807, 2.05) is 30.7 Å². The Kier molecular flexibility index (Phi) is 4.09. The van der Waals surface area contributed by atoms with Gasteiger partial charge in [0.2, 0.25) is 0 Å². The minimum Gasteiger partial charge on any atom is -0.354 e. The minimum absolute atomic E-state index is 0.0178. The van der Waals surface area contributed by atoms with Crippen molar-refractivity contribution in [3.05, 3.63) is 44.9 Å². The molecule has 0 unspecified atom stereocenters. The van der Waals surface area contributed by atoms with Crippen molar-refractivity contribution in [1.29, 1.82) is 0 Å². The summed E-state index contributed by atoms with van der Waals surface area (Å²) in [6.45, 7) is 5.72. The molecular weight excluding hydrogens is 272 g/mol. The Labute approximate surface area is 122 Å². The molecule has 4 nitrogen and oxygen atoms in total. The van der Waals surface area contributed by atoms with E-state index in [1.165, 1.54) is 6.92 Å². The molecule has 0 saturated carbocycles. The van der Waals surface area contributed by atoms with Gasteiger partial charge in [0, 0.05) is 24.8 Å². The highest BCUT2D eigenvalue weighted by molar-refractivity contribution is 7.07. The van der Waals surface area contributed by atoms with Gasteiger partial charge in [0.25, 0.3) is 5.91 Å². The number of Topliss-reactive ketones (excluding diaryl/α,β-unsaturated/α-hetero) is 1. The van der Waals surface area contributed by atoms with Gasteiger partial charge < -0.3 is 9.88 Å². The Morgan fingerprint density at radius 2 is 2.05 bits per heavy atom. The Bertz CT molecular complexity index is 641. The molecular formula is C15H18N2O2S. The first kappa shape index (κ1) is 14.5. The number of nitrogens with zero attached hydrogens (tertiary/aromatic N) is 1. The van der Waals surface area contributed by atoms with Gasteiger partial charge in [0.05, 0.1) is 0 Å². The molecule has 0 aliphatic heterocycles. The van der Waals surface area contributed by atoms with Crippen LogP contribution in [0.3, 0.4) is 0 Å². The Morgan fingerprint density at radius 1 is 1.35 bits per heavy atom. The summed E-state index contributed by atoms with van der Waals surface area (Å²) in [5.74, 6) is -0.111. The van der Waals surface area contributed by atoms with Crippen molar-refractivity contribution in [2.45, 2.75) is 27.3 Å². The maximum Gasteiger partial charge on any atom is 0.270 e. The molecule has 0 aliphatic carbocycles. The predicted molar refractivity (Wildman–Crippen MR) is 80.4 cm³/mol. The van der Waals surface area contributed by atoms with Crippen LogP contribution in [0.2, 0.25) is 0 Å². The van der Waals surface area contributed by atoms with Crippen LogP contribution in [0.15, 0.2) is 16.8 Å². The molecule has 106 valence electrons. The lowest BCUT2D eigenvalue weighted by atomic mass is 10.1. The van der Waals surface area contributed by atoms with E-state index in [2.05, 4.69) is 4.98 Å². The number of nitrogens with one attached hydrogen (secondary N) is 1. The molecule has 2 aromatic rings. The van der Waals surface area contributed by atoms with Crippen molar-refractivity contribution in [1.82, 2.24) is 9.88 Å². The number of aryl methyl sites for hydroxylation is 1. The fourth-order valence-corrected chi connectivity index (χ4v) is 3.07. The van der Waals surface area contributed by atoms with E-state index in [-0.39, 0.29) is 11.7 Å². The standard InChI is InChI=1S/C15H18N2O2S/c1-9-13(11(3)18)10(2)16-14(9)15(19)17(4)7-12-5-6-20-8-12/h5-6,8,16H,7H2,1-4H3. The lowest BCUT2D eigenvalue weighted by Crippen LogP contribution is -2.27. The summed E-state index contributed by atoms with van der Waals surface area (Å²) < 4.78 is 0. The molecule has 20 heavy (non-hydrogen) atoms. The van der Waals surface area contributed by atoms with Crippen molar-refractivity contribution in [2.75, 3.05) is 7.05 Å². The normalized spacial score (nSPS) is 10.6. The maximum absolute atomic E-state index is 12.5. The molecule has 0 spiro atoms. The number of ketones is 1. The zero-order valence-electron chi connectivity index (χ0n) is 12.1. The lowest BCUT2D eigenvalue weighted by Gasteiger charge is -2.16. The third-order valence-corrected chi connectivity index (χ3v) is 4.08. The second-order valence-electron chi connectivity index (χ2n) is 4.97. The molecule has 2 heterocycles. The Balaban J connectivity index is 2.25. The average Bonchev–Trinajstić information content (AvgIpc) is 2.96. The maximum atomic E-state index is 12.5. The zero-order valence-corrected chi connectivity index (χ0v) is 12.9. The first-order valence-corrected chi connectivity index (χ1v) is 7.32. The number of thiophene rings is 1. The molecule has 0 fully saturated rings. The second-order valence-corrected chi connectivity index (χ2v) is 5.75. The van der Waals surface area contributed by atoms with Crippen LogP contribution in [-0.4, -0.2) is 28.6 Å². The van der Waals surface area contributed by atoms with E-state index in [4.69, 9.17) is 0 Å². The van der Waals surface area contributed by atoms with Gasteiger partial charge in [0.1, 0.15) is 5.69 Å². The monoisotopic (exact) mass is 290 g/mol. The highest BCUT2D eigenvalue weighted by Crippen LogP contribution is 2.20. The van der Waals surface area contributed by atoms with E-state index >= 15 is 0 Å². The zero-order chi connectivity index (χ0) is 14.9. The molecule has 2 rings (SSSR count). The summed E-state index contributed by atoms with van der Waals surface area (Å²) in [6, 6.07) is 2.00. The van der Waals surface area contributed by atoms with E-state index in [0.717, 1.165) is 16.8 Å². The van der Waals surface area contributed by atoms with E-state index < -0.39 is 0 Å². The van der Waals surface area contributed by atoms with Crippen molar-refractivity contribution in [2.24, 2.45) is 0 Å². The Hall–Kier alpha value is -1.88. The van der Waals surface area contributed by atoms with Crippen LogP contribution in [0.1, 0.15) is 44.6 Å². The average molecular weight is 290 g/mol. The number of hydrogen-bond donors (Lipinski definition) is 1. The molecule has 1 N–H and O–H groups in total. The van der Waals surface area contributed by atoms with Crippen LogP contribution < -0.4 is 0 Å². The number of hydrogen-bond acceptors (Lipinski definition) is 3. The number of rotatable bonds is 4. The van der Waals surface area contributed by atoms with Gasteiger partial charge in [-0.15, -0.1) is 0 Å². The summed E-state index contributed by atoms with van der Waals surface area (Å²) in [4.78, 5) is 28.8.